The van der Waals surface area contributed by atoms with Gasteiger partial charge in [-0.2, -0.15) is 0 Å². The Morgan fingerprint density at radius 3 is 2.48 bits per heavy atom. The maximum Gasteiger partial charge on any atom is 0.259 e. The molecule has 0 atom stereocenters. The Morgan fingerprint density at radius 1 is 1.00 bits per heavy atom. The van der Waals surface area contributed by atoms with Crippen LogP contribution in [0.5, 0.6) is 11.5 Å². The predicted molar refractivity (Wildman–Crippen MR) is 109 cm³/mol. The molecule has 0 spiro atoms. The third-order valence-corrected chi connectivity index (χ3v) is 5.06. The highest BCUT2D eigenvalue weighted by atomic mass is 16.5. The number of ether oxygens (including phenoxy) is 2. The van der Waals surface area contributed by atoms with Crippen molar-refractivity contribution in [1.82, 2.24) is 0 Å². The van der Waals surface area contributed by atoms with E-state index in [1.807, 2.05) is 49.4 Å². The number of amides is 1. The van der Waals surface area contributed by atoms with Crippen molar-refractivity contribution in [1.29, 1.82) is 0 Å². The molecule has 1 saturated carbocycles. The topological polar surface area (TPSA) is 47.6 Å². The summed E-state index contributed by atoms with van der Waals surface area (Å²) in [5, 5.41) is 2.92. The standard InChI is InChI=1S/C23H29NO3/c1-2-26-22-11-7-6-10-21(22)23(25)24-19-12-14-20(15-13-19)27-17-16-18-8-4-3-5-9-18/h6-7,10-15,18H,2-5,8-9,16-17H2,1H3,(H,24,25). The van der Waals surface area contributed by atoms with Crippen LogP contribution in [0.1, 0.15) is 55.8 Å². The SMILES string of the molecule is CCOc1ccccc1C(=O)Nc1ccc(OCCC2CCCCC2)cc1. The van der Waals surface area contributed by atoms with Gasteiger partial charge in [0.25, 0.3) is 5.91 Å². The van der Waals surface area contributed by atoms with E-state index in [1.165, 1.54) is 32.1 Å². The molecule has 2 aromatic carbocycles. The summed E-state index contributed by atoms with van der Waals surface area (Å²) in [7, 11) is 0. The number of carbonyl (C=O) groups is 1. The van der Waals surface area contributed by atoms with Crippen LogP contribution >= 0.6 is 0 Å². The highest BCUT2D eigenvalue weighted by molar-refractivity contribution is 6.06. The second-order valence-corrected chi connectivity index (χ2v) is 7.05. The van der Waals surface area contributed by atoms with E-state index in [0.717, 1.165) is 30.4 Å². The van der Waals surface area contributed by atoms with E-state index in [1.54, 1.807) is 6.07 Å². The minimum absolute atomic E-state index is 0.176. The average Bonchev–Trinajstić information content (AvgIpc) is 2.71. The zero-order valence-electron chi connectivity index (χ0n) is 16.1. The molecule has 0 radical (unpaired) electrons. The van der Waals surface area contributed by atoms with Crippen LogP contribution in [0.3, 0.4) is 0 Å². The van der Waals surface area contributed by atoms with Crippen LogP contribution in [0, 0.1) is 5.92 Å². The molecule has 1 aliphatic rings. The molecular weight excluding hydrogens is 338 g/mol. The van der Waals surface area contributed by atoms with Crippen LogP contribution in [0.2, 0.25) is 0 Å². The summed E-state index contributed by atoms with van der Waals surface area (Å²) in [6.45, 7) is 3.19. The summed E-state index contributed by atoms with van der Waals surface area (Å²) < 4.78 is 11.4. The van der Waals surface area contributed by atoms with Gasteiger partial charge in [0.1, 0.15) is 11.5 Å². The van der Waals surface area contributed by atoms with E-state index < -0.39 is 0 Å². The van der Waals surface area contributed by atoms with E-state index in [-0.39, 0.29) is 5.91 Å². The molecule has 1 aliphatic carbocycles. The Hall–Kier alpha value is -2.49. The monoisotopic (exact) mass is 367 g/mol. The van der Waals surface area contributed by atoms with E-state index in [4.69, 9.17) is 9.47 Å². The third kappa shape index (κ3) is 5.75. The van der Waals surface area contributed by atoms with Crippen molar-refractivity contribution in [2.24, 2.45) is 5.92 Å². The van der Waals surface area contributed by atoms with Gasteiger partial charge >= 0.3 is 0 Å². The normalized spacial score (nSPS) is 14.6. The maximum absolute atomic E-state index is 12.5. The lowest BCUT2D eigenvalue weighted by Gasteiger charge is -2.21. The fourth-order valence-corrected chi connectivity index (χ4v) is 3.59. The molecule has 1 N–H and O–H groups in total. The van der Waals surface area contributed by atoms with Gasteiger partial charge in [0.2, 0.25) is 0 Å². The lowest BCUT2D eigenvalue weighted by atomic mass is 9.87. The first-order valence-corrected chi connectivity index (χ1v) is 10.0. The molecule has 2 aromatic rings. The Bertz CT molecular complexity index is 721. The molecule has 4 heteroatoms. The second-order valence-electron chi connectivity index (χ2n) is 7.05. The van der Waals surface area contributed by atoms with Crippen molar-refractivity contribution in [3.8, 4) is 11.5 Å². The molecule has 0 bridgehead atoms. The van der Waals surface area contributed by atoms with Crippen molar-refractivity contribution in [2.45, 2.75) is 45.4 Å². The average molecular weight is 367 g/mol. The Kier molecular flexibility index (Phi) is 7.14. The number of para-hydroxylation sites is 1. The lowest BCUT2D eigenvalue weighted by Crippen LogP contribution is -2.13. The second kappa shape index (κ2) is 10.0. The van der Waals surface area contributed by atoms with Crippen LogP contribution < -0.4 is 14.8 Å². The molecule has 0 heterocycles. The summed E-state index contributed by atoms with van der Waals surface area (Å²) in [5.74, 6) is 2.09. The molecule has 0 saturated heterocycles. The van der Waals surface area contributed by atoms with Gasteiger partial charge in [-0.3, -0.25) is 4.79 Å². The van der Waals surface area contributed by atoms with Crippen LogP contribution in [0.25, 0.3) is 0 Å². The van der Waals surface area contributed by atoms with Gasteiger partial charge in [-0.15, -0.1) is 0 Å². The number of anilines is 1. The van der Waals surface area contributed by atoms with Gasteiger partial charge < -0.3 is 14.8 Å². The number of benzene rings is 2. The molecule has 144 valence electrons. The summed E-state index contributed by atoms with van der Waals surface area (Å²) in [6, 6.07) is 14.8. The molecule has 1 amide bonds. The molecule has 27 heavy (non-hydrogen) atoms. The van der Waals surface area contributed by atoms with Gasteiger partial charge in [-0.1, -0.05) is 44.2 Å². The lowest BCUT2D eigenvalue weighted by molar-refractivity contribution is 0.102. The minimum Gasteiger partial charge on any atom is -0.494 e. The summed E-state index contributed by atoms with van der Waals surface area (Å²) in [4.78, 5) is 12.5. The fourth-order valence-electron chi connectivity index (χ4n) is 3.59. The quantitative estimate of drug-likeness (QED) is 0.652. The van der Waals surface area contributed by atoms with Crippen molar-refractivity contribution >= 4 is 11.6 Å². The Balaban J connectivity index is 1.50. The first kappa shape index (κ1) is 19.3. The van der Waals surface area contributed by atoms with E-state index >= 15 is 0 Å². The summed E-state index contributed by atoms with van der Waals surface area (Å²) in [5.41, 5.74) is 1.28. The number of rotatable bonds is 8. The maximum atomic E-state index is 12.5. The third-order valence-electron chi connectivity index (χ3n) is 5.06. The van der Waals surface area contributed by atoms with Crippen molar-refractivity contribution in [3.05, 3.63) is 54.1 Å². The Labute approximate surface area is 161 Å². The molecule has 0 aromatic heterocycles. The molecular formula is C23H29NO3. The molecule has 4 nitrogen and oxygen atoms in total. The zero-order chi connectivity index (χ0) is 18.9. The van der Waals surface area contributed by atoms with E-state index in [2.05, 4.69) is 5.32 Å². The first-order valence-electron chi connectivity index (χ1n) is 10.0. The largest absolute Gasteiger partial charge is 0.494 e. The number of hydrogen-bond donors (Lipinski definition) is 1. The van der Waals surface area contributed by atoms with Gasteiger partial charge in [0, 0.05) is 5.69 Å². The molecule has 0 unspecified atom stereocenters. The zero-order valence-corrected chi connectivity index (χ0v) is 16.1. The number of hydrogen-bond acceptors (Lipinski definition) is 3. The van der Waals surface area contributed by atoms with Crippen LogP contribution in [0.4, 0.5) is 5.69 Å². The number of nitrogens with one attached hydrogen (secondary N) is 1. The van der Waals surface area contributed by atoms with E-state index in [0.29, 0.717) is 17.9 Å². The Morgan fingerprint density at radius 2 is 1.74 bits per heavy atom. The van der Waals surface area contributed by atoms with Crippen molar-refractivity contribution in [3.63, 3.8) is 0 Å². The highest BCUT2D eigenvalue weighted by Crippen LogP contribution is 2.27. The van der Waals surface area contributed by atoms with Gasteiger partial charge in [0.05, 0.1) is 18.8 Å². The molecule has 3 rings (SSSR count). The smallest absolute Gasteiger partial charge is 0.259 e. The van der Waals surface area contributed by atoms with Gasteiger partial charge in [-0.05, 0) is 55.7 Å². The molecule has 1 fully saturated rings. The van der Waals surface area contributed by atoms with Crippen LogP contribution in [0.15, 0.2) is 48.5 Å². The number of carbonyl (C=O) groups excluding carboxylic acids is 1. The first-order chi connectivity index (χ1) is 13.3. The molecule has 0 aliphatic heterocycles. The van der Waals surface area contributed by atoms with Crippen LogP contribution in [-0.2, 0) is 0 Å². The van der Waals surface area contributed by atoms with Crippen molar-refractivity contribution < 1.29 is 14.3 Å². The van der Waals surface area contributed by atoms with Crippen molar-refractivity contribution in [2.75, 3.05) is 18.5 Å². The summed E-state index contributed by atoms with van der Waals surface area (Å²) >= 11 is 0. The summed E-state index contributed by atoms with van der Waals surface area (Å²) in [6.07, 6.45) is 7.94. The van der Waals surface area contributed by atoms with Crippen LogP contribution in [-0.4, -0.2) is 19.1 Å². The fraction of sp³-hybridized carbons (Fsp3) is 0.435. The van der Waals surface area contributed by atoms with E-state index in [9.17, 15) is 4.79 Å². The van der Waals surface area contributed by atoms with Gasteiger partial charge in [0.15, 0.2) is 0 Å². The highest BCUT2D eigenvalue weighted by Gasteiger charge is 2.14. The minimum atomic E-state index is -0.176. The predicted octanol–water partition coefficient (Wildman–Crippen LogP) is 5.69. The van der Waals surface area contributed by atoms with Gasteiger partial charge in [-0.25, -0.2) is 0 Å².